The van der Waals surface area contributed by atoms with Crippen LogP contribution in [0.5, 0.6) is 5.75 Å². The Bertz CT molecular complexity index is 1350. The molecule has 0 radical (unpaired) electrons. The SMILES string of the molecule is COc1c(C)cc2cc([Si](C)(C)C)ccc2c1-c1c(S(=O)O)c(C)cc2ccccc12. The number of methoxy groups -OCH3 is 1. The smallest absolute Gasteiger partial charge is 0.187 e. The van der Waals surface area contributed by atoms with Crippen LogP contribution in [0.25, 0.3) is 32.7 Å². The van der Waals surface area contributed by atoms with E-state index in [-0.39, 0.29) is 0 Å². The number of rotatable bonds is 4. The van der Waals surface area contributed by atoms with E-state index >= 15 is 0 Å². The van der Waals surface area contributed by atoms with Crippen molar-refractivity contribution >= 4 is 45.9 Å². The first-order valence-corrected chi connectivity index (χ1v) is 15.0. The minimum atomic E-state index is -2.14. The molecule has 160 valence electrons. The molecule has 0 bridgehead atoms. The van der Waals surface area contributed by atoms with Crippen molar-refractivity contribution in [2.24, 2.45) is 0 Å². The second kappa shape index (κ2) is 7.90. The fourth-order valence-corrected chi connectivity index (χ4v) is 6.34. The van der Waals surface area contributed by atoms with Gasteiger partial charge in [0.1, 0.15) is 5.75 Å². The van der Waals surface area contributed by atoms with Gasteiger partial charge >= 0.3 is 0 Å². The van der Waals surface area contributed by atoms with Gasteiger partial charge < -0.3 is 9.29 Å². The van der Waals surface area contributed by atoms with Crippen molar-refractivity contribution in [2.75, 3.05) is 7.11 Å². The van der Waals surface area contributed by atoms with Gasteiger partial charge in [-0.3, -0.25) is 0 Å². The van der Waals surface area contributed by atoms with Gasteiger partial charge in [-0.25, -0.2) is 4.21 Å². The van der Waals surface area contributed by atoms with E-state index in [1.54, 1.807) is 7.11 Å². The molecular formula is C26H28O3SSi. The monoisotopic (exact) mass is 448 g/mol. The summed E-state index contributed by atoms with van der Waals surface area (Å²) in [6.45, 7) is 11.0. The van der Waals surface area contributed by atoms with E-state index in [1.165, 1.54) is 5.19 Å². The van der Waals surface area contributed by atoms with Crippen molar-refractivity contribution in [3.8, 4) is 16.9 Å². The van der Waals surface area contributed by atoms with Crippen LogP contribution in [0.2, 0.25) is 19.6 Å². The van der Waals surface area contributed by atoms with Gasteiger partial charge in [0.15, 0.2) is 11.1 Å². The molecule has 4 aromatic rings. The molecular weight excluding hydrogens is 420 g/mol. The summed E-state index contributed by atoms with van der Waals surface area (Å²) in [6.07, 6.45) is 0. The normalized spacial score (nSPS) is 13.0. The number of hydrogen-bond acceptors (Lipinski definition) is 2. The van der Waals surface area contributed by atoms with Gasteiger partial charge in [-0.2, -0.15) is 0 Å². The molecule has 1 atom stereocenters. The summed E-state index contributed by atoms with van der Waals surface area (Å²) < 4.78 is 28.7. The Hall–Kier alpha value is -2.47. The van der Waals surface area contributed by atoms with Crippen LogP contribution in [0, 0.1) is 13.8 Å². The zero-order chi connectivity index (χ0) is 22.5. The lowest BCUT2D eigenvalue weighted by Crippen LogP contribution is -2.37. The Balaban J connectivity index is 2.24. The Morgan fingerprint density at radius 2 is 1.48 bits per heavy atom. The Kier molecular flexibility index (Phi) is 5.54. The highest BCUT2D eigenvalue weighted by atomic mass is 32.2. The van der Waals surface area contributed by atoms with Crippen LogP contribution in [-0.2, 0) is 11.1 Å². The summed E-state index contributed by atoms with van der Waals surface area (Å²) in [5, 5.41) is 5.54. The van der Waals surface area contributed by atoms with Crippen LogP contribution in [0.3, 0.4) is 0 Å². The van der Waals surface area contributed by atoms with Gasteiger partial charge in [0.2, 0.25) is 0 Å². The molecule has 1 N–H and O–H groups in total. The predicted octanol–water partition coefficient (Wildman–Crippen LogP) is 6.41. The highest BCUT2D eigenvalue weighted by molar-refractivity contribution is 7.79. The predicted molar refractivity (Wildman–Crippen MR) is 135 cm³/mol. The third-order valence-electron chi connectivity index (χ3n) is 5.96. The molecule has 0 aliphatic carbocycles. The van der Waals surface area contributed by atoms with Crippen LogP contribution >= 0.6 is 0 Å². The minimum Gasteiger partial charge on any atom is -0.496 e. The van der Waals surface area contributed by atoms with Gasteiger partial charge in [0, 0.05) is 11.1 Å². The summed E-state index contributed by atoms with van der Waals surface area (Å²) in [4.78, 5) is 0.443. The van der Waals surface area contributed by atoms with Gasteiger partial charge in [0.05, 0.1) is 20.1 Å². The third-order valence-corrected chi connectivity index (χ3v) is 8.88. The third kappa shape index (κ3) is 3.71. The molecule has 0 saturated carbocycles. The second-order valence-corrected chi connectivity index (χ2v) is 15.1. The molecule has 0 aliphatic rings. The zero-order valence-electron chi connectivity index (χ0n) is 18.9. The van der Waals surface area contributed by atoms with Crippen molar-refractivity contribution in [3.05, 3.63) is 65.7 Å². The highest BCUT2D eigenvalue weighted by Crippen LogP contribution is 2.45. The first-order valence-electron chi connectivity index (χ1n) is 10.4. The molecule has 5 heteroatoms. The van der Waals surface area contributed by atoms with Crippen molar-refractivity contribution in [1.29, 1.82) is 0 Å². The molecule has 31 heavy (non-hydrogen) atoms. The van der Waals surface area contributed by atoms with Crippen molar-refractivity contribution < 1.29 is 13.5 Å². The topological polar surface area (TPSA) is 46.5 Å². The van der Waals surface area contributed by atoms with Crippen LogP contribution in [0.4, 0.5) is 0 Å². The van der Waals surface area contributed by atoms with E-state index in [1.807, 2.05) is 44.2 Å². The summed E-state index contributed by atoms with van der Waals surface area (Å²) in [7, 11) is 0.181. The Morgan fingerprint density at radius 3 is 2.13 bits per heavy atom. The van der Waals surface area contributed by atoms with Crippen LogP contribution < -0.4 is 9.92 Å². The molecule has 0 fully saturated rings. The van der Waals surface area contributed by atoms with E-state index in [9.17, 15) is 8.76 Å². The van der Waals surface area contributed by atoms with E-state index in [2.05, 4.69) is 43.9 Å². The van der Waals surface area contributed by atoms with Gasteiger partial charge in [-0.1, -0.05) is 73.4 Å². The zero-order valence-corrected chi connectivity index (χ0v) is 20.7. The first kappa shape index (κ1) is 21.7. The molecule has 0 aromatic heterocycles. The highest BCUT2D eigenvalue weighted by Gasteiger charge is 2.24. The largest absolute Gasteiger partial charge is 0.496 e. The van der Waals surface area contributed by atoms with E-state index in [4.69, 9.17) is 4.74 Å². The van der Waals surface area contributed by atoms with E-state index in [0.717, 1.165) is 49.5 Å². The van der Waals surface area contributed by atoms with Gasteiger partial charge in [-0.05, 0) is 52.6 Å². The summed E-state index contributed by atoms with van der Waals surface area (Å²) in [5.41, 5.74) is 3.47. The second-order valence-electron chi connectivity index (χ2n) is 9.16. The fourth-order valence-electron chi connectivity index (χ4n) is 4.45. The molecule has 4 aromatic carbocycles. The fraction of sp³-hybridized carbons (Fsp3) is 0.231. The molecule has 4 rings (SSSR count). The van der Waals surface area contributed by atoms with Crippen molar-refractivity contribution in [3.63, 3.8) is 0 Å². The standard InChI is InChI=1S/C26H28O3SSi/c1-16-13-19-15-20(31(4,5)6)11-12-22(19)23(25(16)29-3)24-21-10-8-7-9-18(21)14-17(2)26(24)30(27)28/h7-15H,1-6H3,(H,27,28). The number of aryl methyl sites for hydroxylation is 2. The first-order chi connectivity index (χ1) is 14.6. The maximum absolute atomic E-state index is 12.5. The van der Waals surface area contributed by atoms with Crippen LogP contribution in [-0.4, -0.2) is 23.9 Å². The number of hydrogen-bond donors (Lipinski definition) is 1. The molecule has 0 spiro atoms. The molecule has 0 heterocycles. The van der Waals surface area contributed by atoms with Crippen LogP contribution in [0.15, 0.2) is 59.5 Å². The molecule has 0 aliphatic heterocycles. The van der Waals surface area contributed by atoms with Crippen molar-refractivity contribution in [1.82, 2.24) is 0 Å². The van der Waals surface area contributed by atoms with E-state index in [0.29, 0.717) is 4.90 Å². The number of ether oxygens (including phenoxy) is 1. The van der Waals surface area contributed by atoms with Gasteiger partial charge in [-0.15, -0.1) is 0 Å². The van der Waals surface area contributed by atoms with Crippen molar-refractivity contribution in [2.45, 2.75) is 38.4 Å². The Labute approximate surface area is 187 Å². The molecule has 1 unspecified atom stereocenters. The number of fused-ring (bicyclic) bond motifs is 2. The molecule has 3 nitrogen and oxygen atoms in total. The molecule has 0 saturated heterocycles. The average Bonchev–Trinajstić information content (AvgIpc) is 2.70. The number of benzene rings is 4. The summed E-state index contributed by atoms with van der Waals surface area (Å²) in [6, 6.07) is 18.8. The van der Waals surface area contributed by atoms with E-state index < -0.39 is 19.2 Å². The van der Waals surface area contributed by atoms with Crippen LogP contribution in [0.1, 0.15) is 11.1 Å². The maximum Gasteiger partial charge on any atom is 0.187 e. The lowest BCUT2D eigenvalue weighted by Gasteiger charge is -2.22. The molecule has 0 amide bonds. The lowest BCUT2D eigenvalue weighted by atomic mass is 9.90. The quantitative estimate of drug-likeness (QED) is 0.290. The maximum atomic E-state index is 12.5. The summed E-state index contributed by atoms with van der Waals surface area (Å²) in [5.74, 6) is 0.746. The average molecular weight is 449 g/mol. The minimum absolute atomic E-state index is 0.443. The Morgan fingerprint density at radius 1 is 0.839 bits per heavy atom. The lowest BCUT2D eigenvalue weighted by molar-refractivity contribution is 0.414. The summed E-state index contributed by atoms with van der Waals surface area (Å²) >= 11 is -2.14. The van der Waals surface area contributed by atoms with Gasteiger partial charge in [0.25, 0.3) is 0 Å².